The fourth-order valence-corrected chi connectivity index (χ4v) is 2.90. The number of rotatable bonds is 3. The number of furan rings is 1. The maximum Gasteiger partial charge on any atom is 0.289 e. The molecule has 2 fully saturated rings. The summed E-state index contributed by atoms with van der Waals surface area (Å²) >= 11 is 0. The van der Waals surface area contributed by atoms with Gasteiger partial charge in [0.05, 0.1) is 45.7 Å². The van der Waals surface area contributed by atoms with Gasteiger partial charge in [-0.2, -0.15) is 0 Å². The molecule has 1 aromatic heterocycles. The zero-order valence-electron chi connectivity index (χ0n) is 12.6. The van der Waals surface area contributed by atoms with Gasteiger partial charge in [-0.15, -0.1) is 0 Å². The van der Waals surface area contributed by atoms with Crippen LogP contribution in [0.1, 0.15) is 10.6 Å². The first-order chi connectivity index (χ1) is 10.7. The van der Waals surface area contributed by atoms with Crippen molar-refractivity contribution in [2.45, 2.75) is 0 Å². The van der Waals surface area contributed by atoms with Gasteiger partial charge in [-0.25, -0.2) is 0 Å². The van der Waals surface area contributed by atoms with E-state index in [0.29, 0.717) is 51.7 Å². The van der Waals surface area contributed by atoms with E-state index in [1.54, 1.807) is 17.0 Å². The summed E-state index contributed by atoms with van der Waals surface area (Å²) in [6, 6.07) is 3.40. The molecule has 7 heteroatoms. The molecule has 2 saturated heterocycles. The topological polar surface area (TPSA) is 67.4 Å². The molecular weight excluding hydrogens is 286 g/mol. The van der Waals surface area contributed by atoms with Crippen LogP contribution in [-0.4, -0.2) is 80.6 Å². The average molecular weight is 308 g/mol. The van der Waals surface area contributed by atoms with Crippen molar-refractivity contribution in [3.05, 3.63) is 24.2 Å². The standard InChI is InChI=1S/C15H21N3O4/c19-14(17-7-10-21-11-8-17)12-16-3-5-18(6-4-16)15(20)13-2-1-9-22-13/h1-2,9H,3-8,10-12H2/p+1. The molecule has 0 aliphatic carbocycles. The zero-order valence-corrected chi connectivity index (χ0v) is 12.6. The summed E-state index contributed by atoms with van der Waals surface area (Å²) in [6.45, 7) is 6.05. The van der Waals surface area contributed by atoms with Gasteiger partial charge in [0, 0.05) is 13.1 Å². The van der Waals surface area contributed by atoms with Crippen molar-refractivity contribution in [3.63, 3.8) is 0 Å². The van der Waals surface area contributed by atoms with Crippen LogP contribution in [-0.2, 0) is 9.53 Å². The summed E-state index contributed by atoms with van der Waals surface area (Å²) < 4.78 is 10.4. The van der Waals surface area contributed by atoms with Crippen LogP contribution in [0.4, 0.5) is 0 Å². The van der Waals surface area contributed by atoms with Gasteiger partial charge in [-0.3, -0.25) is 9.59 Å². The predicted octanol–water partition coefficient (Wildman–Crippen LogP) is -1.52. The highest BCUT2D eigenvalue weighted by Gasteiger charge is 2.28. The fourth-order valence-electron chi connectivity index (χ4n) is 2.90. The largest absolute Gasteiger partial charge is 0.459 e. The lowest BCUT2D eigenvalue weighted by atomic mass is 10.2. The number of ether oxygens (including phenoxy) is 1. The maximum absolute atomic E-state index is 12.2. The molecule has 0 bridgehead atoms. The van der Waals surface area contributed by atoms with Crippen molar-refractivity contribution in [2.75, 3.05) is 59.0 Å². The molecule has 0 saturated carbocycles. The van der Waals surface area contributed by atoms with E-state index >= 15 is 0 Å². The zero-order chi connectivity index (χ0) is 15.4. The van der Waals surface area contributed by atoms with Crippen LogP contribution in [0.2, 0.25) is 0 Å². The van der Waals surface area contributed by atoms with Crippen LogP contribution in [0.3, 0.4) is 0 Å². The van der Waals surface area contributed by atoms with Crippen molar-refractivity contribution in [1.29, 1.82) is 0 Å². The van der Waals surface area contributed by atoms with Crippen molar-refractivity contribution >= 4 is 11.8 Å². The van der Waals surface area contributed by atoms with Gasteiger partial charge in [0.15, 0.2) is 12.3 Å². The molecule has 1 aromatic rings. The highest BCUT2D eigenvalue weighted by Crippen LogP contribution is 2.05. The second-order valence-corrected chi connectivity index (χ2v) is 5.69. The lowest BCUT2D eigenvalue weighted by molar-refractivity contribution is -0.896. The minimum absolute atomic E-state index is 0.0662. The smallest absolute Gasteiger partial charge is 0.289 e. The molecule has 1 N–H and O–H groups in total. The SMILES string of the molecule is O=C(C[NH+]1CCN(C(=O)c2ccco2)CC1)N1CCOCC1. The number of piperazine rings is 1. The van der Waals surface area contributed by atoms with Crippen LogP contribution in [0.15, 0.2) is 22.8 Å². The number of carbonyl (C=O) groups is 2. The Morgan fingerprint density at radius 1 is 1.09 bits per heavy atom. The second kappa shape index (κ2) is 6.93. The number of nitrogens with zero attached hydrogens (tertiary/aromatic N) is 2. The van der Waals surface area contributed by atoms with Crippen LogP contribution in [0.5, 0.6) is 0 Å². The third-order valence-electron chi connectivity index (χ3n) is 4.25. The van der Waals surface area contributed by atoms with E-state index in [9.17, 15) is 9.59 Å². The normalized spacial score (nSPS) is 20.2. The third kappa shape index (κ3) is 3.48. The first-order valence-electron chi connectivity index (χ1n) is 7.76. The third-order valence-corrected chi connectivity index (χ3v) is 4.25. The number of hydrogen-bond donors (Lipinski definition) is 1. The summed E-state index contributed by atoms with van der Waals surface area (Å²) in [5, 5.41) is 0. The lowest BCUT2D eigenvalue weighted by Gasteiger charge is -2.33. The maximum atomic E-state index is 12.2. The summed E-state index contributed by atoms with van der Waals surface area (Å²) in [6.07, 6.45) is 1.51. The van der Waals surface area contributed by atoms with Gasteiger partial charge in [0.2, 0.25) is 0 Å². The van der Waals surface area contributed by atoms with E-state index in [2.05, 4.69) is 0 Å². The van der Waals surface area contributed by atoms with Crippen LogP contribution in [0, 0.1) is 0 Å². The minimum atomic E-state index is -0.0662. The van der Waals surface area contributed by atoms with Gasteiger partial charge in [0.1, 0.15) is 0 Å². The predicted molar refractivity (Wildman–Crippen MR) is 77.6 cm³/mol. The number of amides is 2. The molecule has 22 heavy (non-hydrogen) atoms. The molecule has 7 nitrogen and oxygen atoms in total. The molecule has 0 aromatic carbocycles. The van der Waals surface area contributed by atoms with Crippen LogP contribution >= 0.6 is 0 Å². The summed E-state index contributed by atoms with van der Waals surface area (Å²) in [4.78, 5) is 29.3. The number of carbonyl (C=O) groups excluding carboxylic acids is 2. The van der Waals surface area contributed by atoms with Crippen molar-refractivity contribution < 1.29 is 23.6 Å². The molecule has 120 valence electrons. The van der Waals surface area contributed by atoms with Crippen molar-refractivity contribution in [1.82, 2.24) is 9.80 Å². The second-order valence-electron chi connectivity index (χ2n) is 5.69. The molecule has 0 spiro atoms. The minimum Gasteiger partial charge on any atom is -0.459 e. The quantitative estimate of drug-likeness (QED) is 0.736. The van der Waals surface area contributed by atoms with E-state index in [0.717, 1.165) is 13.1 Å². The lowest BCUT2D eigenvalue weighted by Crippen LogP contribution is -3.15. The molecule has 0 unspecified atom stereocenters. The number of hydrogen-bond acceptors (Lipinski definition) is 4. The summed E-state index contributed by atoms with van der Waals surface area (Å²) in [5.74, 6) is 0.500. The molecule has 0 atom stereocenters. The highest BCUT2D eigenvalue weighted by molar-refractivity contribution is 5.91. The van der Waals surface area contributed by atoms with Crippen molar-refractivity contribution in [2.24, 2.45) is 0 Å². The first-order valence-corrected chi connectivity index (χ1v) is 7.76. The van der Waals surface area contributed by atoms with Gasteiger partial charge in [0.25, 0.3) is 11.8 Å². The number of quaternary nitrogens is 1. The molecule has 3 rings (SSSR count). The van der Waals surface area contributed by atoms with Gasteiger partial charge >= 0.3 is 0 Å². The molecule has 2 aliphatic rings. The van der Waals surface area contributed by atoms with E-state index in [4.69, 9.17) is 9.15 Å². The highest BCUT2D eigenvalue weighted by atomic mass is 16.5. The monoisotopic (exact) mass is 308 g/mol. The van der Waals surface area contributed by atoms with Crippen molar-refractivity contribution in [3.8, 4) is 0 Å². The molecular formula is C15H22N3O4+. The Morgan fingerprint density at radius 2 is 1.82 bits per heavy atom. The first kappa shape index (κ1) is 15.1. The van der Waals surface area contributed by atoms with E-state index in [1.165, 1.54) is 11.2 Å². The van der Waals surface area contributed by atoms with Gasteiger partial charge < -0.3 is 23.9 Å². The fraction of sp³-hybridized carbons (Fsp3) is 0.600. The summed E-state index contributed by atoms with van der Waals surface area (Å²) in [5.41, 5.74) is 0. The Morgan fingerprint density at radius 3 is 2.45 bits per heavy atom. The Bertz CT molecular complexity index is 503. The van der Waals surface area contributed by atoms with E-state index in [1.807, 2.05) is 4.90 Å². The Kier molecular flexibility index (Phi) is 4.74. The molecule has 2 aliphatic heterocycles. The number of morpholine rings is 1. The summed E-state index contributed by atoms with van der Waals surface area (Å²) in [7, 11) is 0. The molecule has 0 radical (unpaired) electrons. The van der Waals surface area contributed by atoms with Gasteiger partial charge in [-0.05, 0) is 12.1 Å². The van der Waals surface area contributed by atoms with E-state index < -0.39 is 0 Å². The Hall–Kier alpha value is -1.86. The van der Waals surface area contributed by atoms with Gasteiger partial charge in [-0.1, -0.05) is 0 Å². The Balaban J connectivity index is 1.45. The van der Waals surface area contributed by atoms with Crippen LogP contribution < -0.4 is 4.90 Å². The van der Waals surface area contributed by atoms with E-state index in [-0.39, 0.29) is 11.8 Å². The molecule has 2 amide bonds. The number of nitrogens with one attached hydrogen (secondary N) is 1. The Labute approximate surface area is 129 Å². The molecule has 3 heterocycles. The average Bonchev–Trinajstić information content (AvgIpc) is 3.10. The van der Waals surface area contributed by atoms with Crippen LogP contribution in [0.25, 0.3) is 0 Å².